The molecule has 26 heavy (non-hydrogen) atoms. The fraction of sp³-hybridized carbons (Fsp3) is 0.316. The minimum Gasteiger partial charge on any atom is -0.496 e. The maximum atomic E-state index is 12.7. The summed E-state index contributed by atoms with van der Waals surface area (Å²) in [5.41, 5.74) is 2.42. The first-order valence-electron chi connectivity index (χ1n) is 8.08. The molecule has 0 aliphatic carbocycles. The van der Waals surface area contributed by atoms with Crippen molar-refractivity contribution in [2.45, 2.75) is 18.4 Å². The number of carbonyl (C=O) groups is 1. The Hall–Kier alpha value is -2.38. The van der Waals surface area contributed by atoms with E-state index in [0.717, 1.165) is 21.2 Å². The summed E-state index contributed by atoms with van der Waals surface area (Å²) in [5.74, 6) is 0.532. The predicted molar refractivity (Wildman–Crippen MR) is 101 cm³/mol. The van der Waals surface area contributed by atoms with Crippen LogP contribution < -0.4 is 4.74 Å². The number of methoxy groups -OCH3 is 1. The average molecular weight is 376 g/mol. The SMILES string of the molecule is COc1ccc(C)cc1CN(C)C(=O)c1ccc(S(=O)(=O)N(C)C)cc1. The van der Waals surface area contributed by atoms with E-state index in [2.05, 4.69) is 0 Å². The molecule has 0 aliphatic heterocycles. The quantitative estimate of drug-likeness (QED) is 0.777. The molecule has 0 bridgehead atoms. The van der Waals surface area contributed by atoms with E-state index in [4.69, 9.17) is 4.74 Å². The van der Waals surface area contributed by atoms with Gasteiger partial charge in [-0.25, -0.2) is 12.7 Å². The Morgan fingerprint density at radius 2 is 1.65 bits per heavy atom. The second-order valence-corrected chi connectivity index (χ2v) is 8.44. The zero-order chi connectivity index (χ0) is 19.5. The van der Waals surface area contributed by atoms with Crippen molar-refractivity contribution in [2.75, 3.05) is 28.3 Å². The zero-order valence-electron chi connectivity index (χ0n) is 15.7. The molecule has 0 spiro atoms. The monoisotopic (exact) mass is 376 g/mol. The Bertz CT molecular complexity index is 890. The number of benzene rings is 2. The highest BCUT2D eigenvalue weighted by molar-refractivity contribution is 7.89. The Balaban J connectivity index is 2.20. The molecular weight excluding hydrogens is 352 g/mol. The third-order valence-electron chi connectivity index (χ3n) is 4.07. The van der Waals surface area contributed by atoms with Gasteiger partial charge in [-0.05, 0) is 37.3 Å². The molecule has 0 aliphatic rings. The summed E-state index contributed by atoms with van der Waals surface area (Å²) in [5, 5.41) is 0. The summed E-state index contributed by atoms with van der Waals surface area (Å²) in [4.78, 5) is 14.4. The molecule has 6 nitrogen and oxygen atoms in total. The maximum Gasteiger partial charge on any atom is 0.253 e. The smallest absolute Gasteiger partial charge is 0.253 e. The maximum absolute atomic E-state index is 12.7. The van der Waals surface area contributed by atoms with Gasteiger partial charge >= 0.3 is 0 Å². The molecule has 7 heteroatoms. The van der Waals surface area contributed by atoms with Crippen LogP contribution in [0.15, 0.2) is 47.4 Å². The van der Waals surface area contributed by atoms with Gasteiger partial charge in [0.2, 0.25) is 10.0 Å². The standard InChI is InChI=1S/C19H24N2O4S/c1-14-6-11-18(25-5)16(12-14)13-21(4)19(22)15-7-9-17(10-8-15)26(23,24)20(2)3/h6-12H,13H2,1-5H3. The second kappa shape index (κ2) is 7.88. The third-order valence-corrected chi connectivity index (χ3v) is 5.90. The molecule has 0 saturated heterocycles. The molecule has 2 aromatic rings. The third kappa shape index (κ3) is 4.23. The summed E-state index contributed by atoms with van der Waals surface area (Å²) in [6.07, 6.45) is 0. The first-order valence-corrected chi connectivity index (χ1v) is 9.52. The van der Waals surface area contributed by atoms with Gasteiger partial charge in [-0.3, -0.25) is 4.79 Å². The van der Waals surface area contributed by atoms with Crippen molar-refractivity contribution < 1.29 is 17.9 Å². The van der Waals surface area contributed by atoms with E-state index < -0.39 is 10.0 Å². The van der Waals surface area contributed by atoms with E-state index in [1.54, 1.807) is 19.1 Å². The largest absolute Gasteiger partial charge is 0.496 e. The van der Waals surface area contributed by atoms with Gasteiger partial charge in [-0.2, -0.15) is 0 Å². The molecule has 0 atom stereocenters. The molecule has 2 rings (SSSR count). The van der Waals surface area contributed by atoms with Crippen LogP contribution in [0.5, 0.6) is 5.75 Å². The van der Waals surface area contributed by atoms with E-state index in [9.17, 15) is 13.2 Å². The van der Waals surface area contributed by atoms with Crippen molar-refractivity contribution in [3.05, 3.63) is 59.2 Å². The topological polar surface area (TPSA) is 66.9 Å². The lowest BCUT2D eigenvalue weighted by molar-refractivity contribution is 0.0784. The van der Waals surface area contributed by atoms with Gasteiger partial charge in [0.1, 0.15) is 5.75 Å². The van der Waals surface area contributed by atoms with Crippen LogP contribution >= 0.6 is 0 Å². The predicted octanol–water partition coefficient (Wildman–Crippen LogP) is 2.53. The molecule has 0 saturated carbocycles. The van der Waals surface area contributed by atoms with Crippen LogP contribution in [0.1, 0.15) is 21.5 Å². The number of ether oxygens (including phenoxy) is 1. The number of carbonyl (C=O) groups excluding carboxylic acids is 1. The van der Waals surface area contributed by atoms with Gasteiger partial charge < -0.3 is 9.64 Å². The Kier molecular flexibility index (Phi) is 6.05. The molecule has 0 radical (unpaired) electrons. The van der Waals surface area contributed by atoms with Crippen molar-refractivity contribution in [1.29, 1.82) is 0 Å². The zero-order valence-corrected chi connectivity index (χ0v) is 16.5. The molecule has 0 N–H and O–H groups in total. The van der Waals surface area contributed by atoms with Crippen molar-refractivity contribution in [3.63, 3.8) is 0 Å². The summed E-state index contributed by atoms with van der Waals surface area (Å²) >= 11 is 0. The van der Waals surface area contributed by atoms with Crippen molar-refractivity contribution in [2.24, 2.45) is 0 Å². The highest BCUT2D eigenvalue weighted by Gasteiger charge is 2.19. The highest BCUT2D eigenvalue weighted by Crippen LogP contribution is 2.22. The van der Waals surface area contributed by atoms with E-state index in [1.807, 2.05) is 25.1 Å². The van der Waals surface area contributed by atoms with E-state index in [-0.39, 0.29) is 10.8 Å². The number of hydrogen-bond donors (Lipinski definition) is 0. The van der Waals surface area contributed by atoms with Crippen LogP contribution in [0.4, 0.5) is 0 Å². The molecule has 0 heterocycles. The van der Waals surface area contributed by atoms with Crippen LogP contribution in [-0.2, 0) is 16.6 Å². The van der Waals surface area contributed by atoms with Crippen LogP contribution in [0.25, 0.3) is 0 Å². The first-order chi connectivity index (χ1) is 12.2. The van der Waals surface area contributed by atoms with Crippen molar-refractivity contribution in [1.82, 2.24) is 9.21 Å². The van der Waals surface area contributed by atoms with Gasteiger partial charge in [0, 0.05) is 38.8 Å². The van der Waals surface area contributed by atoms with Crippen LogP contribution in [0.3, 0.4) is 0 Å². The fourth-order valence-corrected chi connectivity index (χ4v) is 3.46. The first kappa shape index (κ1) is 19.9. The van der Waals surface area contributed by atoms with Crippen LogP contribution in [-0.4, -0.2) is 51.8 Å². The second-order valence-electron chi connectivity index (χ2n) is 6.29. The van der Waals surface area contributed by atoms with Crippen LogP contribution in [0.2, 0.25) is 0 Å². The molecule has 0 unspecified atom stereocenters. The minimum atomic E-state index is -3.51. The molecular formula is C19H24N2O4S. The fourth-order valence-electron chi connectivity index (χ4n) is 2.56. The average Bonchev–Trinajstić information content (AvgIpc) is 2.61. The lowest BCUT2D eigenvalue weighted by atomic mass is 10.1. The number of aryl methyl sites for hydroxylation is 1. The number of hydrogen-bond acceptors (Lipinski definition) is 4. The molecule has 140 valence electrons. The summed E-state index contributed by atoms with van der Waals surface area (Å²) in [6, 6.07) is 11.8. The van der Waals surface area contributed by atoms with Crippen LogP contribution in [0, 0.1) is 6.92 Å². The van der Waals surface area contributed by atoms with Gasteiger partial charge in [-0.1, -0.05) is 17.7 Å². The van der Waals surface area contributed by atoms with Gasteiger partial charge in [-0.15, -0.1) is 0 Å². The molecule has 1 amide bonds. The summed E-state index contributed by atoms with van der Waals surface area (Å²) in [7, 11) is 2.73. The number of rotatable bonds is 6. The lowest BCUT2D eigenvalue weighted by Gasteiger charge is -2.19. The Morgan fingerprint density at radius 1 is 1.04 bits per heavy atom. The van der Waals surface area contributed by atoms with Gasteiger partial charge in [0.15, 0.2) is 0 Å². The molecule has 2 aromatic carbocycles. The van der Waals surface area contributed by atoms with E-state index >= 15 is 0 Å². The van der Waals surface area contributed by atoms with Crippen molar-refractivity contribution in [3.8, 4) is 5.75 Å². The molecule has 0 aromatic heterocycles. The lowest BCUT2D eigenvalue weighted by Crippen LogP contribution is -2.26. The Morgan fingerprint density at radius 3 is 2.19 bits per heavy atom. The van der Waals surface area contributed by atoms with Gasteiger partial charge in [0.25, 0.3) is 5.91 Å². The normalized spacial score (nSPS) is 11.5. The van der Waals surface area contributed by atoms with E-state index in [1.165, 1.54) is 38.4 Å². The highest BCUT2D eigenvalue weighted by atomic mass is 32.2. The Labute approximate surface area is 155 Å². The van der Waals surface area contributed by atoms with Gasteiger partial charge in [0.05, 0.1) is 12.0 Å². The minimum absolute atomic E-state index is 0.155. The number of sulfonamides is 1. The number of amides is 1. The van der Waals surface area contributed by atoms with Crippen molar-refractivity contribution >= 4 is 15.9 Å². The molecule has 0 fully saturated rings. The summed E-state index contributed by atoms with van der Waals surface area (Å²) in [6.45, 7) is 2.37. The number of nitrogens with zero attached hydrogens (tertiary/aromatic N) is 2. The van der Waals surface area contributed by atoms with E-state index in [0.29, 0.717) is 12.1 Å². The summed E-state index contributed by atoms with van der Waals surface area (Å²) < 4.78 is 30.7.